The van der Waals surface area contributed by atoms with E-state index in [1.807, 2.05) is 48.5 Å². The number of nitrogens with zero attached hydrogens (tertiary/aromatic N) is 2. The molecule has 0 spiro atoms. The molecule has 1 aliphatic rings. The van der Waals surface area contributed by atoms with Crippen LogP contribution in [0.1, 0.15) is 32.1 Å². The highest BCUT2D eigenvalue weighted by Gasteiger charge is 2.15. The third-order valence-corrected chi connectivity index (χ3v) is 7.38. The molecule has 0 radical (unpaired) electrons. The van der Waals surface area contributed by atoms with Gasteiger partial charge in [0.15, 0.2) is 6.61 Å². The molecule has 2 aromatic heterocycles. The minimum absolute atomic E-state index is 0.0250. The summed E-state index contributed by atoms with van der Waals surface area (Å²) in [6.07, 6.45) is 8.05. The van der Waals surface area contributed by atoms with Crippen molar-refractivity contribution in [2.45, 2.75) is 32.1 Å². The van der Waals surface area contributed by atoms with Crippen molar-refractivity contribution in [1.29, 1.82) is 0 Å². The Hall–Kier alpha value is -3.45. The van der Waals surface area contributed by atoms with Crippen molar-refractivity contribution in [1.82, 2.24) is 15.3 Å². The van der Waals surface area contributed by atoms with E-state index < -0.39 is 0 Å². The van der Waals surface area contributed by atoms with Crippen LogP contribution in [0.5, 0.6) is 5.75 Å². The van der Waals surface area contributed by atoms with Crippen LogP contribution in [0.2, 0.25) is 0 Å². The number of anilines is 1. The molecule has 174 valence electrons. The molecule has 0 aliphatic heterocycles. The monoisotopic (exact) mass is 472 g/mol. The summed E-state index contributed by atoms with van der Waals surface area (Å²) in [5.74, 6) is 1.66. The Bertz CT molecular complexity index is 1250. The Labute approximate surface area is 203 Å². The number of benzene rings is 2. The molecule has 0 bridgehead atoms. The standard InChI is InChI=1S/C27H28N4O2S/c28-26-22(27-31-23-8-4-5-9-24(23)34-27)14-20(16-30-26)19-10-12-21(13-11-19)33-17-25(32)29-15-18-6-2-1-3-7-18/h4-5,8-14,16,18H,1-3,6-7,15,17H2,(H2,28,30)(H,29,32). The summed E-state index contributed by atoms with van der Waals surface area (Å²) in [7, 11) is 0. The van der Waals surface area contributed by atoms with Crippen molar-refractivity contribution in [3.8, 4) is 27.4 Å². The van der Waals surface area contributed by atoms with Gasteiger partial charge in [0.1, 0.15) is 16.6 Å². The van der Waals surface area contributed by atoms with Crippen LogP contribution in [-0.4, -0.2) is 29.0 Å². The van der Waals surface area contributed by atoms with Gasteiger partial charge in [0.2, 0.25) is 0 Å². The third-order valence-electron chi connectivity index (χ3n) is 6.31. The van der Waals surface area contributed by atoms with E-state index in [1.165, 1.54) is 32.1 Å². The lowest BCUT2D eigenvalue weighted by Crippen LogP contribution is -2.33. The van der Waals surface area contributed by atoms with E-state index in [9.17, 15) is 4.79 Å². The summed E-state index contributed by atoms with van der Waals surface area (Å²) in [5.41, 5.74) is 9.90. The number of fused-ring (bicyclic) bond motifs is 1. The number of carbonyl (C=O) groups excluding carboxylic acids is 1. The van der Waals surface area contributed by atoms with Crippen LogP contribution in [0, 0.1) is 5.92 Å². The van der Waals surface area contributed by atoms with Crippen LogP contribution in [0.25, 0.3) is 31.9 Å². The van der Waals surface area contributed by atoms with E-state index in [0.717, 1.165) is 38.5 Å². The molecule has 1 amide bonds. The first-order valence-electron chi connectivity index (χ1n) is 11.8. The Morgan fingerprint density at radius 2 is 1.85 bits per heavy atom. The number of nitrogens with two attached hydrogens (primary N) is 1. The predicted molar refractivity (Wildman–Crippen MR) is 138 cm³/mol. The SMILES string of the molecule is Nc1ncc(-c2ccc(OCC(=O)NCC3CCCCC3)cc2)cc1-c1nc2ccccc2s1. The lowest BCUT2D eigenvalue weighted by atomic mass is 9.89. The average Bonchev–Trinajstić information content (AvgIpc) is 3.32. The van der Waals surface area contributed by atoms with Crippen LogP contribution >= 0.6 is 11.3 Å². The van der Waals surface area contributed by atoms with Crippen molar-refractivity contribution in [2.75, 3.05) is 18.9 Å². The highest BCUT2D eigenvalue weighted by molar-refractivity contribution is 7.21. The molecule has 1 aliphatic carbocycles. The van der Waals surface area contributed by atoms with Gasteiger partial charge < -0.3 is 15.8 Å². The Morgan fingerprint density at radius 3 is 2.65 bits per heavy atom. The van der Waals surface area contributed by atoms with Gasteiger partial charge in [-0.05, 0) is 54.7 Å². The van der Waals surface area contributed by atoms with Crippen molar-refractivity contribution < 1.29 is 9.53 Å². The quantitative estimate of drug-likeness (QED) is 0.361. The van der Waals surface area contributed by atoms with E-state index in [1.54, 1.807) is 17.5 Å². The van der Waals surface area contributed by atoms with Gasteiger partial charge in [0.25, 0.3) is 5.91 Å². The van der Waals surface area contributed by atoms with E-state index in [2.05, 4.69) is 16.4 Å². The van der Waals surface area contributed by atoms with Crippen molar-refractivity contribution in [3.05, 3.63) is 60.8 Å². The fraction of sp³-hybridized carbons (Fsp3) is 0.296. The maximum Gasteiger partial charge on any atom is 0.257 e. The van der Waals surface area contributed by atoms with Crippen LogP contribution in [0.3, 0.4) is 0 Å². The number of hydrogen-bond donors (Lipinski definition) is 2. The van der Waals surface area contributed by atoms with E-state index in [4.69, 9.17) is 15.5 Å². The highest BCUT2D eigenvalue weighted by Crippen LogP contribution is 2.35. The Morgan fingerprint density at radius 1 is 1.06 bits per heavy atom. The molecule has 0 saturated heterocycles. The van der Waals surface area contributed by atoms with Crippen LogP contribution < -0.4 is 15.8 Å². The van der Waals surface area contributed by atoms with Gasteiger partial charge in [0, 0.05) is 18.3 Å². The summed E-state index contributed by atoms with van der Waals surface area (Å²) in [5, 5.41) is 3.86. The van der Waals surface area contributed by atoms with Gasteiger partial charge in [-0.15, -0.1) is 11.3 Å². The smallest absolute Gasteiger partial charge is 0.257 e. The molecule has 0 unspecified atom stereocenters. The van der Waals surface area contributed by atoms with Gasteiger partial charge in [-0.25, -0.2) is 9.97 Å². The van der Waals surface area contributed by atoms with Crippen LogP contribution in [0.4, 0.5) is 5.82 Å². The summed E-state index contributed by atoms with van der Waals surface area (Å²) < 4.78 is 6.81. The fourth-order valence-electron chi connectivity index (χ4n) is 4.38. The van der Waals surface area contributed by atoms with E-state index >= 15 is 0 Å². The Balaban J connectivity index is 1.22. The summed E-state index contributed by atoms with van der Waals surface area (Å²) in [6, 6.07) is 17.7. The number of rotatable bonds is 7. The number of hydrogen-bond acceptors (Lipinski definition) is 6. The molecular formula is C27H28N4O2S. The van der Waals surface area contributed by atoms with Crippen LogP contribution in [0.15, 0.2) is 60.8 Å². The molecule has 3 N–H and O–H groups in total. The molecule has 1 saturated carbocycles. The number of nitrogen functional groups attached to an aromatic ring is 1. The zero-order valence-corrected chi connectivity index (χ0v) is 19.8. The molecule has 1 fully saturated rings. The fourth-order valence-corrected chi connectivity index (χ4v) is 5.38. The minimum Gasteiger partial charge on any atom is -0.484 e. The molecule has 2 heterocycles. The molecule has 0 atom stereocenters. The van der Waals surface area contributed by atoms with Crippen molar-refractivity contribution >= 4 is 33.3 Å². The number of aromatic nitrogens is 2. The summed E-state index contributed by atoms with van der Waals surface area (Å²) in [6.45, 7) is 0.777. The molecule has 7 heteroatoms. The average molecular weight is 473 g/mol. The second-order valence-corrected chi connectivity index (χ2v) is 9.80. The molecule has 2 aromatic carbocycles. The number of para-hydroxylation sites is 1. The number of pyridine rings is 1. The van der Waals surface area contributed by atoms with Gasteiger partial charge in [-0.3, -0.25) is 4.79 Å². The molecule has 5 rings (SSSR count). The molecule has 6 nitrogen and oxygen atoms in total. The third kappa shape index (κ3) is 5.20. The first-order chi connectivity index (χ1) is 16.7. The molecular weight excluding hydrogens is 444 g/mol. The zero-order valence-electron chi connectivity index (χ0n) is 19.0. The lowest BCUT2D eigenvalue weighted by Gasteiger charge is -2.21. The topological polar surface area (TPSA) is 90.1 Å². The number of nitrogens with one attached hydrogen (secondary N) is 1. The molecule has 34 heavy (non-hydrogen) atoms. The van der Waals surface area contributed by atoms with Crippen molar-refractivity contribution in [2.24, 2.45) is 5.92 Å². The number of carbonyl (C=O) groups is 1. The first kappa shape index (κ1) is 22.3. The number of ether oxygens (including phenoxy) is 1. The van der Waals surface area contributed by atoms with Gasteiger partial charge in [0.05, 0.1) is 15.8 Å². The lowest BCUT2D eigenvalue weighted by molar-refractivity contribution is -0.123. The normalized spacial score (nSPS) is 14.2. The number of amides is 1. The van der Waals surface area contributed by atoms with Crippen LogP contribution in [-0.2, 0) is 4.79 Å². The number of thiazole rings is 1. The Kier molecular flexibility index (Phi) is 6.72. The summed E-state index contributed by atoms with van der Waals surface area (Å²) in [4.78, 5) is 21.3. The van der Waals surface area contributed by atoms with Crippen molar-refractivity contribution in [3.63, 3.8) is 0 Å². The van der Waals surface area contributed by atoms with Gasteiger partial charge in [-0.2, -0.15) is 0 Å². The second kappa shape index (κ2) is 10.2. The van der Waals surface area contributed by atoms with E-state index in [0.29, 0.717) is 17.5 Å². The van der Waals surface area contributed by atoms with Gasteiger partial charge in [-0.1, -0.05) is 43.5 Å². The largest absolute Gasteiger partial charge is 0.484 e. The van der Waals surface area contributed by atoms with E-state index in [-0.39, 0.29) is 12.5 Å². The zero-order chi connectivity index (χ0) is 23.3. The summed E-state index contributed by atoms with van der Waals surface area (Å²) >= 11 is 1.60. The second-order valence-electron chi connectivity index (χ2n) is 8.76. The highest BCUT2D eigenvalue weighted by atomic mass is 32.1. The maximum atomic E-state index is 12.2. The first-order valence-corrected chi connectivity index (χ1v) is 12.6. The minimum atomic E-state index is -0.0714. The molecule has 4 aromatic rings. The maximum absolute atomic E-state index is 12.2. The predicted octanol–water partition coefficient (Wildman–Crippen LogP) is 5.68. The van der Waals surface area contributed by atoms with Gasteiger partial charge >= 0.3 is 0 Å².